The molecule has 1 aromatic heterocycles. The Morgan fingerprint density at radius 1 is 1.29 bits per heavy atom. The van der Waals surface area contributed by atoms with E-state index in [4.69, 9.17) is 5.11 Å². The van der Waals surface area contributed by atoms with Gasteiger partial charge in [0.05, 0.1) is 6.20 Å². The minimum absolute atomic E-state index is 0.321. The van der Waals surface area contributed by atoms with Crippen molar-refractivity contribution in [1.29, 1.82) is 0 Å². The van der Waals surface area contributed by atoms with Gasteiger partial charge in [-0.1, -0.05) is 12.1 Å². The minimum atomic E-state index is -1.04. The van der Waals surface area contributed by atoms with Crippen molar-refractivity contribution in [2.45, 2.75) is 6.92 Å². The van der Waals surface area contributed by atoms with Gasteiger partial charge >= 0.3 is 5.97 Å². The van der Waals surface area contributed by atoms with Crippen LogP contribution in [0.5, 0.6) is 0 Å². The lowest BCUT2D eigenvalue weighted by atomic mass is 10.0. The standard InChI is InChI=1S/C15H13N3O3/c1-10-11(5-6-14(19)20)3-2-4-12(10)15(21)18-13-9-16-7-8-17-13/h2-9H,1H3,(H,19,20)(H,17,18,21). The fourth-order valence-electron chi connectivity index (χ4n) is 1.79. The summed E-state index contributed by atoms with van der Waals surface area (Å²) in [6, 6.07) is 5.10. The van der Waals surface area contributed by atoms with E-state index in [1.54, 1.807) is 25.1 Å². The third-order valence-corrected chi connectivity index (χ3v) is 2.83. The molecular formula is C15H13N3O3. The first-order chi connectivity index (χ1) is 10.1. The van der Waals surface area contributed by atoms with Gasteiger partial charge in [0.25, 0.3) is 5.91 Å². The molecule has 6 heteroatoms. The largest absolute Gasteiger partial charge is 0.478 e. The van der Waals surface area contributed by atoms with E-state index < -0.39 is 5.97 Å². The fourth-order valence-corrected chi connectivity index (χ4v) is 1.79. The average molecular weight is 283 g/mol. The number of amides is 1. The van der Waals surface area contributed by atoms with Gasteiger partial charge in [0.2, 0.25) is 0 Å². The third kappa shape index (κ3) is 3.73. The normalized spacial score (nSPS) is 10.5. The highest BCUT2D eigenvalue weighted by Crippen LogP contribution is 2.16. The van der Waals surface area contributed by atoms with Gasteiger partial charge in [-0.05, 0) is 30.2 Å². The van der Waals surface area contributed by atoms with Crippen molar-refractivity contribution in [3.05, 3.63) is 59.6 Å². The Morgan fingerprint density at radius 3 is 2.76 bits per heavy atom. The number of hydrogen-bond acceptors (Lipinski definition) is 4. The molecule has 0 spiro atoms. The molecule has 2 aromatic rings. The van der Waals surface area contributed by atoms with Crippen LogP contribution in [-0.2, 0) is 4.79 Å². The van der Waals surface area contributed by atoms with Gasteiger partial charge in [-0.2, -0.15) is 0 Å². The van der Waals surface area contributed by atoms with Gasteiger partial charge in [-0.25, -0.2) is 9.78 Å². The lowest BCUT2D eigenvalue weighted by molar-refractivity contribution is -0.131. The van der Waals surface area contributed by atoms with Crippen molar-refractivity contribution in [2.24, 2.45) is 0 Å². The van der Waals surface area contributed by atoms with Gasteiger partial charge < -0.3 is 10.4 Å². The zero-order chi connectivity index (χ0) is 15.2. The second-order valence-corrected chi connectivity index (χ2v) is 4.24. The number of carboxylic acids is 1. The number of carbonyl (C=O) groups is 2. The number of nitrogens with one attached hydrogen (secondary N) is 1. The number of benzene rings is 1. The highest BCUT2D eigenvalue weighted by molar-refractivity contribution is 6.05. The van der Waals surface area contributed by atoms with Crippen molar-refractivity contribution in [1.82, 2.24) is 9.97 Å². The van der Waals surface area contributed by atoms with E-state index in [0.717, 1.165) is 6.08 Å². The van der Waals surface area contributed by atoms with Crippen LogP contribution < -0.4 is 5.32 Å². The molecule has 106 valence electrons. The lowest BCUT2D eigenvalue weighted by Gasteiger charge is -2.09. The van der Waals surface area contributed by atoms with Gasteiger partial charge in [0.1, 0.15) is 0 Å². The maximum absolute atomic E-state index is 12.2. The molecule has 2 rings (SSSR count). The Kier molecular flexibility index (Phi) is 4.40. The number of carbonyl (C=O) groups excluding carboxylic acids is 1. The van der Waals surface area contributed by atoms with Crippen LogP contribution in [0.15, 0.2) is 42.9 Å². The molecule has 6 nitrogen and oxygen atoms in total. The molecule has 0 saturated heterocycles. The molecule has 21 heavy (non-hydrogen) atoms. The summed E-state index contributed by atoms with van der Waals surface area (Å²) in [5, 5.41) is 11.3. The van der Waals surface area contributed by atoms with Crippen molar-refractivity contribution >= 4 is 23.8 Å². The van der Waals surface area contributed by atoms with Gasteiger partial charge in [0.15, 0.2) is 5.82 Å². The number of hydrogen-bond donors (Lipinski definition) is 2. The van der Waals surface area contributed by atoms with Crippen LogP contribution in [0.1, 0.15) is 21.5 Å². The van der Waals surface area contributed by atoms with Crippen LogP contribution >= 0.6 is 0 Å². The molecule has 0 aliphatic rings. The molecular weight excluding hydrogens is 270 g/mol. The second-order valence-electron chi connectivity index (χ2n) is 4.24. The molecule has 1 amide bonds. The predicted molar refractivity (Wildman–Crippen MR) is 77.8 cm³/mol. The third-order valence-electron chi connectivity index (χ3n) is 2.83. The Balaban J connectivity index is 2.26. The zero-order valence-corrected chi connectivity index (χ0v) is 11.3. The Labute approximate surface area is 121 Å². The van der Waals surface area contributed by atoms with E-state index in [1.807, 2.05) is 0 Å². The van der Waals surface area contributed by atoms with Crippen LogP contribution in [0, 0.1) is 6.92 Å². The van der Waals surface area contributed by atoms with Crippen molar-refractivity contribution in [2.75, 3.05) is 5.32 Å². The molecule has 0 aliphatic heterocycles. The van der Waals surface area contributed by atoms with Crippen LogP contribution in [0.3, 0.4) is 0 Å². The molecule has 0 saturated carbocycles. The summed E-state index contributed by atoms with van der Waals surface area (Å²) in [4.78, 5) is 30.6. The van der Waals surface area contributed by atoms with Crippen LogP contribution in [0.25, 0.3) is 6.08 Å². The Morgan fingerprint density at radius 2 is 2.10 bits per heavy atom. The summed E-state index contributed by atoms with van der Waals surface area (Å²) < 4.78 is 0. The van der Waals surface area contributed by atoms with Gasteiger partial charge in [-0.3, -0.25) is 9.78 Å². The quantitative estimate of drug-likeness (QED) is 0.839. The molecule has 0 fully saturated rings. The number of aromatic nitrogens is 2. The fraction of sp³-hybridized carbons (Fsp3) is 0.0667. The average Bonchev–Trinajstić information content (AvgIpc) is 2.47. The summed E-state index contributed by atoms with van der Waals surface area (Å²) in [6.07, 6.45) is 6.93. The molecule has 0 unspecified atom stereocenters. The topological polar surface area (TPSA) is 92.2 Å². The predicted octanol–water partition coefficient (Wildman–Crippen LogP) is 2.14. The molecule has 0 bridgehead atoms. The summed E-state index contributed by atoms with van der Waals surface area (Å²) in [5.74, 6) is -1.00. The van der Waals surface area contributed by atoms with E-state index in [1.165, 1.54) is 24.7 Å². The highest BCUT2D eigenvalue weighted by atomic mass is 16.4. The molecule has 1 heterocycles. The smallest absolute Gasteiger partial charge is 0.328 e. The Bertz CT molecular complexity index is 697. The summed E-state index contributed by atoms with van der Waals surface area (Å²) in [5.41, 5.74) is 1.81. The second kappa shape index (κ2) is 6.42. The van der Waals surface area contributed by atoms with Crippen LogP contribution in [0.4, 0.5) is 5.82 Å². The molecule has 1 aromatic carbocycles. The monoisotopic (exact) mass is 283 g/mol. The zero-order valence-electron chi connectivity index (χ0n) is 11.3. The maximum Gasteiger partial charge on any atom is 0.328 e. The van der Waals surface area contributed by atoms with E-state index in [2.05, 4.69) is 15.3 Å². The van der Waals surface area contributed by atoms with E-state index >= 15 is 0 Å². The number of aliphatic carboxylic acids is 1. The van der Waals surface area contributed by atoms with Crippen LogP contribution in [0.2, 0.25) is 0 Å². The molecule has 0 atom stereocenters. The van der Waals surface area contributed by atoms with E-state index in [9.17, 15) is 9.59 Å². The number of anilines is 1. The van der Waals surface area contributed by atoms with Crippen molar-refractivity contribution in [3.63, 3.8) is 0 Å². The van der Waals surface area contributed by atoms with E-state index in [-0.39, 0.29) is 5.91 Å². The SMILES string of the molecule is Cc1c(C=CC(=O)O)cccc1C(=O)Nc1cnccn1. The van der Waals surface area contributed by atoms with Gasteiger partial charge in [-0.15, -0.1) is 0 Å². The molecule has 0 aliphatic carbocycles. The first-order valence-electron chi connectivity index (χ1n) is 6.16. The highest BCUT2D eigenvalue weighted by Gasteiger charge is 2.11. The number of rotatable bonds is 4. The maximum atomic E-state index is 12.2. The van der Waals surface area contributed by atoms with Crippen molar-refractivity contribution < 1.29 is 14.7 Å². The summed E-state index contributed by atoms with van der Waals surface area (Å²) in [6.45, 7) is 1.76. The van der Waals surface area contributed by atoms with Crippen molar-refractivity contribution in [3.8, 4) is 0 Å². The number of carboxylic acid groups (broad SMARTS) is 1. The molecule has 2 N–H and O–H groups in total. The first-order valence-corrected chi connectivity index (χ1v) is 6.16. The molecule has 0 radical (unpaired) electrons. The number of nitrogens with zero attached hydrogens (tertiary/aromatic N) is 2. The summed E-state index contributed by atoms with van der Waals surface area (Å²) in [7, 11) is 0. The summed E-state index contributed by atoms with van der Waals surface area (Å²) >= 11 is 0. The van der Waals surface area contributed by atoms with Crippen LogP contribution in [-0.4, -0.2) is 27.0 Å². The van der Waals surface area contributed by atoms with E-state index in [0.29, 0.717) is 22.5 Å². The minimum Gasteiger partial charge on any atom is -0.478 e. The Hall–Kier alpha value is -3.02. The first kappa shape index (κ1) is 14.4. The van der Waals surface area contributed by atoms with Gasteiger partial charge in [0, 0.05) is 24.0 Å². The lowest BCUT2D eigenvalue weighted by Crippen LogP contribution is -2.14.